The average Bonchev–Trinajstić information content (AvgIpc) is 3.43. The first-order valence-corrected chi connectivity index (χ1v) is 9.79. The molecule has 0 radical (unpaired) electrons. The Labute approximate surface area is 159 Å². The van der Waals surface area contributed by atoms with Crippen LogP contribution in [0.15, 0.2) is 41.3 Å². The zero-order chi connectivity index (χ0) is 20.5. The second-order valence-corrected chi connectivity index (χ2v) is 8.09. The molecular weight excluding hydrogens is 394 g/mol. The van der Waals surface area contributed by atoms with Crippen LogP contribution in [0, 0.1) is 17.6 Å². The highest BCUT2D eigenvalue weighted by atomic mass is 32.2. The summed E-state index contributed by atoms with van der Waals surface area (Å²) < 4.78 is 54.2. The van der Waals surface area contributed by atoms with Gasteiger partial charge >= 0.3 is 5.97 Å². The highest BCUT2D eigenvalue weighted by Gasteiger charge is 2.23. The molecule has 0 aliphatic heterocycles. The quantitative estimate of drug-likeness (QED) is 0.650. The van der Waals surface area contributed by atoms with E-state index in [9.17, 15) is 26.8 Å². The molecule has 1 aliphatic rings. The molecule has 148 valence electrons. The number of sulfonamides is 1. The SMILES string of the molecule is O=C(NCC1CC1)c1ccc(S(=O)(=O)Nc2cc(F)c(C(=O)O)c(F)c2)cc1. The van der Waals surface area contributed by atoms with Crippen LogP contribution in [0.5, 0.6) is 0 Å². The first-order valence-electron chi connectivity index (χ1n) is 8.31. The van der Waals surface area contributed by atoms with Crippen molar-refractivity contribution in [1.82, 2.24) is 5.32 Å². The molecule has 1 aliphatic carbocycles. The van der Waals surface area contributed by atoms with E-state index in [1.165, 1.54) is 24.3 Å². The molecule has 3 rings (SSSR count). The van der Waals surface area contributed by atoms with Crippen molar-refractivity contribution in [1.29, 1.82) is 0 Å². The van der Waals surface area contributed by atoms with Gasteiger partial charge in [-0.15, -0.1) is 0 Å². The van der Waals surface area contributed by atoms with E-state index in [1.807, 2.05) is 4.72 Å². The van der Waals surface area contributed by atoms with Crippen molar-refractivity contribution in [2.24, 2.45) is 5.92 Å². The summed E-state index contributed by atoms with van der Waals surface area (Å²) in [7, 11) is -4.20. The Morgan fingerprint density at radius 2 is 1.64 bits per heavy atom. The number of carboxylic acids is 1. The Morgan fingerprint density at radius 3 is 2.14 bits per heavy atom. The predicted molar refractivity (Wildman–Crippen MR) is 95.6 cm³/mol. The van der Waals surface area contributed by atoms with Crippen LogP contribution >= 0.6 is 0 Å². The molecule has 0 unspecified atom stereocenters. The van der Waals surface area contributed by atoms with E-state index in [1.54, 1.807) is 0 Å². The highest BCUT2D eigenvalue weighted by Crippen LogP contribution is 2.27. The minimum Gasteiger partial charge on any atom is -0.477 e. The van der Waals surface area contributed by atoms with Gasteiger partial charge < -0.3 is 10.4 Å². The molecule has 1 amide bonds. The maximum Gasteiger partial charge on any atom is 0.341 e. The molecule has 0 bridgehead atoms. The number of carbonyl (C=O) groups is 2. The number of nitrogens with one attached hydrogen (secondary N) is 2. The molecule has 28 heavy (non-hydrogen) atoms. The number of anilines is 1. The minimum absolute atomic E-state index is 0.227. The minimum atomic E-state index is -4.20. The molecule has 10 heteroatoms. The number of carbonyl (C=O) groups excluding carboxylic acids is 1. The molecule has 0 aromatic heterocycles. The number of hydrogen-bond acceptors (Lipinski definition) is 4. The fourth-order valence-electron chi connectivity index (χ4n) is 2.50. The van der Waals surface area contributed by atoms with Gasteiger partial charge in [0.05, 0.1) is 10.6 Å². The van der Waals surface area contributed by atoms with Crippen LogP contribution in [0.3, 0.4) is 0 Å². The number of benzene rings is 2. The number of halogens is 2. The molecule has 3 N–H and O–H groups in total. The lowest BCUT2D eigenvalue weighted by Gasteiger charge is -2.10. The van der Waals surface area contributed by atoms with Crippen LogP contribution < -0.4 is 10.0 Å². The topological polar surface area (TPSA) is 113 Å². The second kappa shape index (κ2) is 7.55. The second-order valence-electron chi connectivity index (χ2n) is 6.40. The molecule has 0 saturated heterocycles. The Hall–Kier alpha value is -3.01. The van der Waals surface area contributed by atoms with E-state index in [-0.39, 0.29) is 16.4 Å². The third kappa shape index (κ3) is 4.45. The largest absolute Gasteiger partial charge is 0.477 e. The van der Waals surface area contributed by atoms with Crippen molar-refractivity contribution in [3.8, 4) is 0 Å². The molecule has 1 saturated carbocycles. The number of carboxylic acid groups (broad SMARTS) is 1. The van der Waals surface area contributed by atoms with Gasteiger partial charge in [-0.05, 0) is 55.2 Å². The molecular formula is C18H16F2N2O5S. The number of amides is 1. The van der Waals surface area contributed by atoms with Crippen molar-refractivity contribution >= 4 is 27.6 Å². The van der Waals surface area contributed by atoms with Gasteiger partial charge in [-0.25, -0.2) is 22.0 Å². The smallest absolute Gasteiger partial charge is 0.341 e. The monoisotopic (exact) mass is 410 g/mol. The molecule has 2 aromatic rings. The summed E-state index contributed by atoms with van der Waals surface area (Å²) >= 11 is 0. The molecule has 2 aromatic carbocycles. The normalized spacial score (nSPS) is 13.8. The van der Waals surface area contributed by atoms with Crippen LogP contribution in [0.1, 0.15) is 33.6 Å². The van der Waals surface area contributed by atoms with Crippen molar-refractivity contribution in [3.63, 3.8) is 0 Å². The first-order chi connectivity index (χ1) is 13.2. The van der Waals surface area contributed by atoms with Crippen molar-refractivity contribution in [2.45, 2.75) is 17.7 Å². The lowest BCUT2D eigenvalue weighted by Crippen LogP contribution is -2.25. The van der Waals surface area contributed by atoms with Gasteiger partial charge in [0.1, 0.15) is 17.2 Å². The standard InChI is InChI=1S/C18H16F2N2O5S/c19-14-7-12(8-15(20)16(14)18(24)25)22-28(26,27)13-5-3-11(4-6-13)17(23)21-9-10-1-2-10/h3-8,10,22H,1-2,9H2,(H,21,23)(H,24,25). The highest BCUT2D eigenvalue weighted by molar-refractivity contribution is 7.92. The fraction of sp³-hybridized carbons (Fsp3) is 0.222. The van der Waals surface area contributed by atoms with Gasteiger partial charge in [0, 0.05) is 12.1 Å². The summed E-state index contributed by atoms with van der Waals surface area (Å²) in [6.07, 6.45) is 2.16. The fourth-order valence-corrected chi connectivity index (χ4v) is 3.54. The summed E-state index contributed by atoms with van der Waals surface area (Å²) in [5, 5.41) is 11.5. The van der Waals surface area contributed by atoms with Crippen molar-refractivity contribution in [3.05, 3.63) is 59.2 Å². The number of rotatable bonds is 7. The van der Waals surface area contributed by atoms with Gasteiger partial charge in [-0.1, -0.05) is 0 Å². The van der Waals surface area contributed by atoms with Gasteiger partial charge in [0.2, 0.25) is 0 Å². The predicted octanol–water partition coefficient (Wildman–Crippen LogP) is 2.60. The first kappa shape index (κ1) is 19.7. The van der Waals surface area contributed by atoms with Crippen molar-refractivity contribution < 1.29 is 31.9 Å². The zero-order valence-electron chi connectivity index (χ0n) is 14.4. The van der Waals surface area contributed by atoms with E-state index in [0.29, 0.717) is 24.6 Å². The third-order valence-corrected chi connectivity index (χ3v) is 5.58. The summed E-state index contributed by atoms with van der Waals surface area (Å²) in [6, 6.07) is 6.17. The zero-order valence-corrected chi connectivity index (χ0v) is 15.2. The molecule has 0 atom stereocenters. The van der Waals surface area contributed by atoms with Gasteiger partial charge in [0.25, 0.3) is 15.9 Å². The Bertz CT molecular complexity index is 1010. The average molecular weight is 410 g/mol. The van der Waals surface area contributed by atoms with Gasteiger partial charge in [0.15, 0.2) is 0 Å². The Morgan fingerprint density at radius 1 is 1.07 bits per heavy atom. The van der Waals surface area contributed by atoms with Crippen LogP contribution in [-0.2, 0) is 10.0 Å². The summed E-state index contributed by atoms with van der Waals surface area (Å²) in [4.78, 5) is 22.5. The van der Waals surface area contributed by atoms with Crippen LogP contribution in [0.25, 0.3) is 0 Å². The van der Waals surface area contributed by atoms with E-state index < -0.39 is 38.9 Å². The van der Waals surface area contributed by atoms with Crippen LogP contribution in [0.4, 0.5) is 14.5 Å². The van der Waals surface area contributed by atoms with Crippen LogP contribution in [0.2, 0.25) is 0 Å². The maximum atomic E-state index is 13.7. The van der Waals surface area contributed by atoms with E-state index in [2.05, 4.69) is 5.32 Å². The number of hydrogen-bond donors (Lipinski definition) is 3. The van der Waals surface area contributed by atoms with E-state index >= 15 is 0 Å². The molecule has 7 nitrogen and oxygen atoms in total. The lowest BCUT2D eigenvalue weighted by atomic mass is 10.2. The van der Waals surface area contributed by atoms with E-state index in [4.69, 9.17) is 5.11 Å². The summed E-state index contributed by atoms with van der Waals surface area (Å²) in [5.74, 6) is -4.45. The molecule has 1 fully saturated rings. The summed E-state index contributed by atoms with van der Waals surface area (Å²) in [6.45, 7) is 0.573. The Balaban J connectivity index is 1.75. The van der Waals surface area contributed by atoms with Gasteiger partial charge in [-0.3, -0.25) is 9.52 Å². The van der Waals surface area contributed by atoms with Gasteiger partial charge in [-0.2, -0.15) is 0 Å². The van der Waals surface area contributed by atoms with Crippen LogP contribution in [-0.4, -0.2) is 31.9 Å². The molecule has 0 spiro atoms. The molecule has 0 heterocycles. The summed E-state index contributed by atoms with van der Waals surface area (Å²) in [5.41, 5.74) is -1.36. The van der Waals surface area contributed by atoms with E-state index in [0.717, 1.165) is 12.8 Å². The lowest BCUT2D eigenvalue weighted by molar-refractivity contribution is 0.0686. The van der Waals surface area contributed by atoms with Crippen molar-refractivity contribution in [2.75, 3.05) is 11.3 Å². The maximum absolute atomic E-state index is 13.7. The number of aromatic carboxylic acids is 1. The Kier molecular flexibility index (Phi) is 5.32. The third-order valence-electron chi connectivity index (χ3n) is 4.18.